The van der Waals surface area contributed by atoms with E-state index in [1.165, 1.54) is 0 Å². The van der Waals surface area contributed by atoms with Gasteiger partial charge in [-0.1, -0.05) is 28.1 Å². The van der Waals surface area contributed by atoms with Gasteiger partial charge in [-0.2, -0.15) is 0 Å². The summed E-state index contributed by atoms with van der Waals surface area (Å²) in [6.45, 7) is 0. The van der Waals surface area contributed by atoms with Crippen molar-refractivity contribution in [2.75, 3.05) is 0 Å². The van der Waals surface area contributed by atoms with Crippen LogP contribution in [0.2, 0.25) is 0 Å². The summed E-state index contributed by atoms with van der Waals surface area (Å²) in [6, 6.07) is 7.23. The molecule has 0 radical (unpaired) electrons. The van der Waals surface area contributed by atoms with Crippen LogP contribution in [0.25, 0.3) is 0 Å². The number of hydrogen-bond acceptors (Lipinski definition) is 3. The minimum Gasteiger partial charge on any atom is -0.459 e. The highest BCUT2D eigenvalue weighted by Gasteiger charge is 2.62. The van der Waals surface area contributed by atoms with E-state index in [-0.39, 0.29) is 22.9 Å². The molecular weight excluding hydrogens is 356 g/mol. The lowest BCUT2D eigenvalue weighted by Gasteiger charge is -2.45. The highest BCUT2D eigenvalue weighted by molar-refractivity contribution is 9.10. The molecule has 0 aromatic heterocycles. The Kier molecular flexibility index (Phi) is 3.49. The minimum atomic E-state index is -0.266. The first-order valence-corrected chi connectivity index (χ1v) is 9.02. The number of rotatable bonds is 2. The molecule has 23 heavy (non-hydrogen) atoms. The number of benzene rings is 1. The van der Waals surface area contributed by atoms with E-state index in [1.54, 1.807) is 12.1 Å². The van der Waals surface area contributed by atoms with Gasteiger partial charge in [0, 0.05) is 21.7 Å². The van der Waals surface area contributed by atoms with Crippen LogP contribution in [0.15, 0.2) is 40.9 Å². The molecule has 0 bridgehead atoms. The van der Waals surface area contributed by atoms with Gasteiger partial charge in [0.2, 0.25) is 0 Å². The van der Waals surface area contributed by atoms with E-state index in [9.17, 15) is 9.59 Å². The summed E-state index contributed by atoms with van der Waals surface area (Å²) in [5.74, 6) is 0.151. The Bertz CT molecular complexity index is 693. The van der Waals surface area contributed by atoms with Crippen molar-refractivity contribution >= 4 is 27.7 Å². The summed E-state index contributed by atoms with van der Waals surface area (Å²) in [4.78, 5) is 24.8. The van der Waals surface area contributed by atoms with Gasteiger partial charge >= 0.3 is 5.97 Å². The second-order valence-corrected chi connectivity index (χ2v) is 7.96. The normalized spacial score (nSPS) is 35.0. The number of ketones is 1. The Labute approximate surface area is 144 Å². The van der Waals surface area contributed by atoms with Crippen LogP contribution in [0.1, 0.15) is 48.9 Å². The second-order valence-electron chi connectivity index (χ2n) is 7.04. The molecule has 2 fully saturated rings. The molecule has 4 rings (SSSR count). The molecule has 3 nitrogen and oxygen atoms in total. The summed E-state index contributed by atoms with van der Waals surface area (Å²) in [7, 11) is 0. The molecular formula is C19H19BrO3. The molecule has 0 aliphatic heterocycles. The molecule has 120 valence electrons. The third-order valence-corrected chi connectivity index (χ3v) is 6.56. The smallest absolute Gasteiger partial charge is 0.338 e. The number of allylic oxidation sites excluding steroid dienone is 2. The summed E-state index contributed by atoms with van der Waals surface area (Å²) < 4.78 is 6.70. The standard InChI is InChI=1S/C19H19BrO3/c20-14-4-2-13(3-5-14)17(22)23-15-6-11-19-9-1-8-18(19,12-15)10-7-16(19)21/h1-5,8,15H,6-7,9-12H2/t15-,18-,19-/m1/s1. The Morgan fingerprint density at radius 3 is 2.78 bits per heavy atom. The highest BCUT2D eigenvalue weighted by atomic mass is 79.9. The zero-order valence-electron chi connectivity index (χ0n) is 12.9. The van der Waals surface area contributed by atoms with E-state index in [0.29, 0.717) is 17.8 Å². The van der Waals surface area contributed by atoms with Gasteiger partial charge in [0.1, 0.15) is 11.9 Å². The maximum Gasteiger partial charge on any atom is 0.338 e. The van der Waals surface area contributed by atoms with Crippen LogP contribution in [-0.4, -0.2) is 17.9 Å². The zero-order chi connectivity index (χ0) is 16.1. The van der Waals surface area contributed by atoms with Crippen molar-refractivity contribution < 1.29 is 14.3 Å². The molecule has 1 aromatic rings. The monoisotopic (exact) mass is 374 g/mol. The Hall–Kier alpha value is -1.42. The number of halogens is 1. The highest BCUT2D eigenvalue weighted by Crippen LogP contribution is 2.65. The quantitative estimate of drug-likeness (QED) is 0.567. The zero-order valence-corrected chi connectivity index (χ0v) is 14.5. The van der Waals surface area contributed by atoms with Gasteiger partial charge in [0.15, 0.2) is 0 Å². The van der Waals surface area contributed by atoms with Crippen molar-refractivity contribution in [3.8, 4) is 0 Å². The maximum absolute atomic E-state index is 12.4. The van der Waals surface area contributed by atoms with E-state index < -0.39 is 0 Å². The van der Waals surface area contributed by atoms with Crippen LogP contribution in [0.5, 0.6) is 0 Å². The summed E-state index contributed by atoms with van der Waals surface area (Å²) in [5.41, 5.74) is 0.326. The molecule has 3 aliphatic carbocycles. The molecule has 0 saturated heterocycles. The lowest BCUT2D eigenvalue weighted by molar-refractivity contribution is -0.132. The van der Waals surface area contributed by atoms with Crippen LogP contribution >= 0.6 is 15.9 Å². The van der Waals surface area contributed by atoms with Crippen molar-refractivity contribution in [1.29, 1.82) is 0 Å². The van der Waals surface area contributed by atoms with E-state index in [0.717, 1.165) is 36.6 Å². The lowest BCUT2D eigenvalue weighted by Crippen LogP contribution is -2.45. The SMILES string of the molecule is O=C(O[C@@H]1CC[C@@]23CC=C[C@@]2(CCC3=O)C1)c1ccc(Br)cc1. The van der Waals surface area contributed by atoms with Crippen molar-refractivity contribution in [3.05, 3.63) is 46.5 Å². The van der Waals surface area contributed by atoms with Gasteiger partial charge in [-0.15, -0.1) is 0 Å². The summed E-state index contributed by atoms with van der Waals surface area (Å²) >= 11 is 3.37. The van der Waals surface area contributed by atoms with Crippen molar-refractivity contribution in [2.24, 2.45) is 10.8 Å². The molecule has 1 aromatic carbocycles. The Balaban J connectivity index is 1.50. The number of carbonyl (C=O) groups excluding carboxylic acids is 2. The van der Waals surface area contributed by atoms with Crippen LogP contribution in [0.3, 0.4) is 0 Å². The molecule has 3 atom stereocenters. The number of ether oxygens (including phenoxy) is 1. The summed E-state index contributed by atoms with van der Waals surface area (Å²) in [6.07, 6.45) is 9.19. The average Bonchev–Trinajstić information content (AvgIpc) is 3.05. The van der Waals surface area contributed by atoms with Crippen LogP contribution in [0, 0.1) is 10.8 Å². The largest absolute Gasteiger partial charge is 0.459 e. The summed E-state index contributed by atoms with van der Waals surface area (Å²) in [5, 5.41) is 0. The van der Waals surface area contributed by atoms with Crippen molar-refractivity contribution in [3.63, 3.8) is 0 Å². The fraction of sp³-hybridized carbons (Fsp3) is 0.474. The van der Waals surface area contributed by atoms with Crippen LogP contribution in [0.4, 0.5) is 0 Å². The van der Waals surface area contributed by atoms with E-state index >= 15 is 0 Å². The third-order valence-electron chi connectivity index (χ3n) is 6.03. The predicted molar refractivity (Wildman–Crippen MR) is 90.1 cm³/mol. The number of hydrogen-bond donors (Lipinski definition) is 0. The number of esters is 1. The first-order valence-electron chi connectivity index (χ1n) is 8.22. The van der Waals surface area contributed by atoms with Crippen molar-refractivity contribution in [1.82, 2.24) is 0 Å². The first kappa shape index (κ1) is 15.1. The van der Waals surface area contributed by atoms with Gasteiger partial charge in [-0.05, 0) is 56.4 Å². The molecule has 0 unspecified atom stereocenters. The first-order chi connectivity index (χ1) is 11.0. The fourth-order valence-corrected chi connectivity index (χ4v) is 5.08. The molecule has 0 heterocycles. The molecule has 3 aliphatic rings. The van der Waals surface area contributed by atoms with E-state index in [4.69, 9.17) is 4.74 Å². The van der Waals surface area contributed by atoms with Gasteiger partial charge in [-0.3, -0.25) is 4.79 Å². The topological polar surface area (TPSA) is 43.4 Å². The van der Waals surface area contributed by atoms with Gasteiger partial charge in [0.25, 0.3) is 0 Å². The van der Waals surface area contributed by atoms with Gasteiger partial charge in [0.05, 0.1) is 5.56 Å². The van der Waals surface area contributed by atoms with Crippen LogP contribution in [-0.2, 0) is 9.53 Å². The number of carbonyl (C=O) groups is 2. The fourth-order valence-electron chi connectivity index (χ4n) is 4.82. The minimum absolute atomic E-state index is 0.0625. The number of Topliss-reactive ketones (excluding diaryl/α,β-unsaturated/α-hetero) is 1. The average molecular weight is 375 g/mol. The third kappa shape index (κ3) is 2.22. The van der Waals surface area contributed by atoms with Crippen molar-refractivity contribution in [2.45, 2.75) is 44.6 Å². The molecule has 0 spiro atoms. The van der Waals surface area contributed by atoms with E-state index in [1.807, 2.05) is 12.1 Å². The second kappa shape index (κ2) is 5.30. The molecule has 0 amide bonds. The predicted octanol–water partition coefficient (Wildman–Crippen LogP) is 4.45. The lowest BCUT2D eigenvalue weighted by atomic mass is 9.58. The van der Waals surface area contributed by atoms with Gasteiger partial charge in [-0.25, -0.2) is 4.79 Å². The molecule has 4 heteroatoms. The Morgan fingerprint density at radius 2 is 2.00 bits per heavy atom. The molecule has 2 saturated carbocycles. The Morgan fingerprint density at radius 1 is 1.22 bits per heavy atom. The van der Waals surface area contributed by atoms with Crippen LogP contribution < -0.4 is 0 Å². The van der Waals surface area contributed by atoms with E-state index in [2.05, 4.69) is 28.1 Å². The maximum atomic E-state index is 12.4. The van der Waals surface area contributed by atoms with Gasteiger partial charge < -0.3 is 4.74 Å². The molecule has 0 N–H and O–H groups in total.